The molecule has 1 aliphatic heterocycles. The van der Waals surface area contributed by atoms with Gasteiger partial charge in [-0.2, -0.15) is 0 Å². The van der Waals surface area contributed by atoms with Crippen molar-refractivity contribution >= 4 is 23.7 Å². The number of amides is 3. The Bertz CT molecular complexity index is 653. The highest BCUT2D eigenvalue weighted by Crippen LogP contribution is 2.17. The van der Waals surface area contributed by atoms with Crippen molar-refractivity contribution in [3.8, 4) is 0 Å². The van der Waals surface area contributed by atoms with Gasteiger partial charge in [0.25, 0.3) is 11.8 Å². The molecule has 1 unspecified atom stereocenters. The maximum atomic E-state index is 12.1. The van der Waals surface area contributed by atoms with Crippen LogP contribution in [0.1, 0.15) is 41.0 Å². The molecule has 1 saturated heterocycles. The lowest BCUT2D eigenvalue weighted by Gasteiger charge is -2.19. The van der Waals surface area contributed by atoms with E-state index in [1.54, 1.807) is 13.8 Å². The SMILES string of the molecule is CC(C)N1C(=O)CC(NC(=O)c2cccc(C(=O)O)c2)C1=O. The first-order valence-corrected chi connectivity index (χ1v) is 6.81. The fourth-order valence-corrected chi connectivity index (χ4v) is 2.34. The third kappa shape index (κ3) is 2.98. The van der Waals surface area contributed by atoms with Gasteiger partial charge in [0.2, 0.25) is 5.91 Å². The number of carbonyl (C=O) groups is 4. The monoisotopic (exact) mass is 304 g/mol. The zero-order valence-electron chi connectivity index (χ0n) is 12.2. The van der Waals surface area contributed by atoms with Crippen LogP contribution in [0, 0.1) is 0 Å². The van der Waals surface area contributed by atoms with Gasteiger partial charge in [0.1, 0.15) is 6.04 Å². The van der Waals surface area contributed by atoms with Crippen molar-refractivity contribution in [1.82, 2.24) is 10.2 Å². The molecule has 22 heavy (non-hydrogen) atoms. The molecule has 0 aliphatic carbocycles. The fourth-order valence-electron chi connectivity index (χ4n) is 2.34. The summed E-state index contributed by atoms with van der Waals surface area (Å²) in [4.78, 5) is 48.0. The summed E-state index contributed by atoms with van der Waals surface area (Å²) in [6.45, 7) is 3.44. The number of carboxylic acid groups (broad SMARTS) is 1. The molecule has 7 heteroatoms. The first kappa shape index (κ1) is 15.7. The Hall–Kier alpha value is -2.70. The largest absolute Gasteiger partial charge is 0.478 e. The number of carbonyl (C=O) groups excluding carboxylic acids is 3. The van der Waals surface area contributed by atoms with Crippen LogP contribution in [0.2, 0.25) is 0 Å². The topological polar surface area (TPSA) is 104 Å². The highest BCUT2D eigenvalue weighted by molar-refractivity contribution is 6.08. The van der Waals surface area contributed by atoms with Crippen molar-refractivity contribution in [1.29, 1.82) is 0 Å². The summed E-state index contributed by atoms with van der Waals surface area (Å²) in [6, 6.07) is 4.31. The Kier molecular flexibility index (Phi) is 4.25. The Morgan fingerprint density at radius 3 is 2.45 bits per heavy atom. The molecule has 0 aromatic heterocycles. The summed E-state index contributed by atoms with van der Waals surface area (Å²) in [5, 5.41) is 11.4. The molecule has 0 radical (unpaired) electrons. The summed E-state index contributed by atoms with van der Waals surface area (Å²) in [5.74, 6) is -2.50. The van der Waals surface area contributed by atoms with Gasteiger partial charge >= 0.3 is 5.97 Å². The number of imide groups is 1. The Labute approximate surface area is 126 Å². The minimum Gasteiger partial charge on any atom is -0.478 e. The molecule has 7 nitrogen and oxygen atoms in total. The molecule has 1 aliphatic rings. The first-order chi connectivity index (χ1) is 10.3. The summed E-state index contributed by atoms with van der Waals surface area (Å²) in [6.07, 6.45) is -0.0820. The molecule has 0 bridgehead atoms. The Morgan fingerprint density at radius 1 is 1.27 bits per heavy atom. The second-order valence-electron chi connectivity index (χ2n) is 5.31. The van der Waals surface area contributed by atoms with Gasteiger partial charge in [-0.3, -0.25) is 19.3 Å². The van der Waals surface area contributed by atoms with E-state index in [1.165, 1.54) is 24.3 Å². The Balaban J connectivity index is 2.13. The van der Waals surface area contributed by atoms with E-state index in [0.29, 0.717) is 0 Å². The van der Waals surface area contributed by atoms with Crippen LogP contribution >= 0.6 is 0 Å². The zero-order chi connectivity index (χ0) is 16.4. The predicted molar refractivity (Wildman–Crippen MR) is 76.3 cm³/mol. The first-order valence-electron chi connectivity index (χ1n) is 6.81. The lowest BCUT2D eigenvalue weighted by atomic mass is 10.1. The van der Waals surface area contributed by atoms with E-state index < -0.39 is 23.8 Å². The third-order valence-electron chi connectivity index (χ3n) is 3.38. The summed E-state index contributed by atoms with van der Waals surface area (Å²) >= 11 is 0. The minimum atomic E-state index is -1.15. The van der Waals surface area contributed by atoms with Crippen LogP contribution in [-0.2, 0) is 9.59 Å². The number of benzene rings is 1. The van der Waals surface area contributed by atoms with Crippen LogP contribution in [0.15, 0.2) is 24.3 Å². The van der Waals surface area contributed by atoms with E-state index in [2.05, 4.69) is 5.32 Å². The fraction of sp³-hybridized carbons (Fsp3) is 0.333. The molecule has 1 aromatic carbocycles. The molecule has 1 atom stereocenters. The second-order valence-corrected chi connectivity index (χ2v) is 5.31. The van der Waals surface area contributed by atoms with Crippen molar-refractivity contribution in [2.75, 3.05) is 0 Å². The number of aromatic carboxylic acids is 1. The van der Waals surface area contributed by atoms with Gasteiger partial charge < -0.3 is 10.4 Å². The molecule has 2 rings (SSSR count). The normalized spacial score (nSPS) is 18.0. The van der Waals surface area contributed by atoms with Gasteiger partial charge in [-0.1, -0.05) is 6.07 Å². The summed E-state index contributed by atoms with van der Waals surface area (Å²) in [5.41, 5.74) is 0.105. The van der Waals surface area contributed by atoms with Crippen LogP contribution in [0.4, 0.5) is 0 Å². The molecule has 1 fully saturated rings. The minimum absolute atomic E-state index is 0.0229. The molecular weight excluding hydrogens is 288 g/mol. The van der Waals surface area contributed by atoms with Crippen molar-refractivity contribution < 1.29 is 24.3 Å². The third-order valence-corrected chi connectivity index (χ3v) is 3.38. The van der Waals surface area contributed by atoms with Crippen LogP contribution in [0.25, 0.3) is 0 Å². The number of likely N-dealkylation sites (tertiary alicyclic amines) is 1. The number of carboxylic acids is 1. The quantitative estimate of drug-likeness (QED) is 0.795. The summed E-state index contributed by atoms with van der Waals surface area (Å²) in [7, 11) is 0. The van der Waals surface area contributed by atoms with Gasteiger partial charge in [0, 0.05) is 11.6 Å². The molecule has 0 saturated carbocycles. The van der Waals surface area contributed by atoms with Crippen molar-refractivity contribution in [2.45, 2.75) is 32.4 Å². The lowest BCUT2D eigenvalue weighted by molar-refractivity contribution is -0.140. The number of nitrogens with zero attached hydrogens (tertiary/aromatic N) is 1. The van der Waals surface area contributed by atoms with Crippen molar-refractivity contribution in [3.63, 3.8) is 0 Å². The number of rotatable bonds is 4. The maximum absolute atomic E-state index is 12.1. The van der Waals surface area contributed by atoms with Gasteiger partial charge in [0.05, 0.1) is 12.0 Å². The highest BCUT2D eigenvalue weighted by Gasteiger charge is 2.40. The molecule has 0 spiro atoms. The zero-order valence-corrected chi connectivity index (χ0v) is 12.2. The van der Waals surface area contributed by atoms with Crippen LogP contribution in [-0.4, -0.2) is 45.8 Å². The van der Waals surface area contributed by atoms with E-state index in [9.17, 15) is 19.2 Å². The lowest BCUT2D eigenvalue weighted by Crippen LogP contribution is -2.43. The van der Waals surface area contributed by atoms with E-state index in [0.717, 1.165) is 4.90 Å². The average molecular weight is 304 g/mol. The molecule has 1 aromatic rings. The smallest absolute Gasteiger partial charge is 0.335 e. The van der Waals surface area contributed by atoms with Gasteiger partial charge in [-0.15, -0.1) is 0 Å². The molecule has 116 valence electrons. The van der Waals surface area contributed by atoms with E-state index in [1.807, 2.05) is 0 Å². The van der Waals surface area contributed by atoms with E-state index >= 15 is 0 Å². The number of nitrogens with one attached hydrogen (secondary N) is 1. The van der Waals surface area contributed by atoms with Gasteiger partial charge in [-0.25, -0.2) is 4.79 Å². The number of hydrogen-bond donors (Lipinski definition) is 2. The molecular formula is C15H16N2O5. The second kappa shape index (κ2) is 5.97. The molecule has 2 N–H and O–H groups in total. The van der Waals surface area contributed by atoms with Gasteiger partial charge in [-0.05, 0) is 32.0 Å². The molecule has 3 amide bonds. The highest BCUT2D eigenvalue weighted by atomic mass is 16.4. The van der Waals surface area contributed by atoms with E-state index in [-0.39, 0.29) is 29.5 Å². The van der Waals surface area contributed by atoms with Crippen LogP contribution in [0.3, 0.4) is 0 Å². The maximum Gasteiger partial charge on any atom is 0.335 e. The van der Waals surface area contributed by atoms with Crippen molar-refractivity contribution in [2.24, 2.45) is 0 Å². The average Bonchev–Trinajstić information content (AvgIpc) is 2.73. The van der Waals surface area contributed by atoms with E-state index in [4.69, 9.17) is 5.11 Å². The predicted octanol–water partition coefficient (Wildman–Crippen LogP) is 0.650. The summed E-state index contributed by atoms with van der Waals surface area (Å²) < 4.78 is 0. The van der Waals surface area contributed by atoms with Gasteiger partial charge in [0.15, 0.2) is 0 Å². The van der Waals surface area contributed by atoms with Crippen molar-refractivity contribution in [3.05, 3.63) is 35.4 Å². The Morgan fingerprint density at radius 2 is 1.91 bits per heavy atom. The van der Waals surface area contributed by atoms with Crippen LogP contribution in [0.5, 0.6) is 0 Å². The van der Waals surface area contributed by atoms with Crippen LogP contribution < -0.4 is 5.32 Å². The number of hydrogen-bond acceptors (Lipinski definition) is 4. The standard InChI is InChI=1S/C15H16N2O5/c1-8(2)17-12(18)7-11(14(17)20)16-13(19)9-4-3-5-10(6-9)15(21)22/h3-6,8,11H,7H2,1-2H3,(H,16,19)(H,21,22). The molecule has 1 heterocycles.